The van der Waals surface area contributed by atoms with Crippen LogP contribution in [0.2, 0.25) is 0 Å². The van der Waals surface area contributed by atoms with Gasteiger partial charge in [-0.3, -0.25) is 5.32 Å². The number of aliphatic hydroxyl groups is 1. The first-order chi connectivity index (χ1) is 20.1. The van der Waals surface area contributed by atoms with Crippen LogP contribution in [0.15, 0.2) is 96.7 Å². The average Bonchev–Trinajstić information content (AvgIpc) is 3.49. The van der Waals surface area contributed by atoms with E-state index in [1.165, 1.54) is 17.8 Å². The van der Waals surface area contributed by atoms with Gasteiger partial charge in [-0.1, -0.05) is 85.9 Å². The van der Waals surface area contributed by atoms with Crippen molar-refractivity contribution in [2.75, 3.05) is 17.7 Å². The van der Waals surface area contributed by atoms with E-state index in [2.05, 4.69) is 34.3 Å². The number of aliphatic hydroxyl groups excluding tert-OH is 1. The number of nitrogens with zero attached hydrogens (tertiary/aromatic N) is 4. The van der Waals surface area contributed by atoms with Crippen molar-refractivity contribution in [1.29, 1.82) is 0 Å². The molecule has 1 fully saturated rings. The van der Waals surface area contributed by atoms with E-state index in [0.29, 0.717) is 16.6 Å². The molecule has 3 aromatic carbocycles. The maximum atomic E-state index is 11.9. The number of aromatic nitrogens is 4. The zero-order chi connectivity index (χ0) is 28.6. The number of carbonyl (C=O) groups excluding carboxylic acids is 1. The van der Waals surface area contributed by atoms with E-state index in [0.717, 1.165) is 22.4 Å². The maximum Gasteiger partial charge on any atom is 0.411 e. The summed E-state index contributed by atoms with van der Waals surface area (Å²) in [5.41, 5.74) is 4.10. The lowest BCUT2D eigenvalue weighted by Gasteiger charge is -2.41. The molecule has 1 aliphatic heterocycles. The summed E-state index contributed by atoms with van der Waals surface area (Å²) in [6.45, 7) is 5.75. The van der Waals surface area contributed by atoms with Crippen LogP contribution in [0.3, 0.4) is 0 Å². The van der Waals surface area contributed by atoms with Crippen LogP contribution in [0, 0.1) is 5.92 Å². The molecule has 11 heteroatoms. The van der Waals surface area contributed by atoms with E-state index in [9.17, 15) is 9.90 Å². The normalized spacial score (nSPS) is 20.3. The number of benzene rings is 3. The van der Waals surface area contributed by atoms with Crippen molar-refractivity contribution in [3.63, 3.8) is 0 Å². The van der Waals surface area contributed by atoms with Gasteiger partial charge in [0.05, 0.1) is 24.5 Å². The van der Waals surface area contributed by atoms with Gasteiger partial charge in [-0.05, 0) is 45.8 Å². The van der Waals surface area contributed by atoms with Gasteiger partial charge in [-0.15, -0.1) is 5.10 Å². The molecule has 41 heavy (non-hydrogen) atoms. The van der Waals surface area contributed by atoms with Gasteiger partial charge < -0.3 is 19.3 Å². The number of thioether (sulfide) groups is 1. The summed E-state index contributed by atoms with van der Waals surface area (Å²) in [6.07, 6.45) is -0.159. The molecule has 0 bridgehead atoms. The predicted octanol–water partition coefficient (Wildman–Crippen LogP) is 5.47. The molecule has 0 aliphatic carbocycles. The minimum atomic E-state index is -0.647. The Morgan fingerprint density at radius 1 is 1.07 bits per heavy atom. The van der Waals surface area contributed by atoms with Crippen molar-refractivity contribution in [1.82, 2.24) is 20.2 Å². The van der Waals surface area contributed by atoms with Crippen molar-refractivity contribution in [2.24, 2.45) is 5.92 Å². The van der Waals surface area contributed by atoms with E-state index >= 15 is 0 Å². The molecule has 0 radical (unpaired) electrons. The smallest absolute Gasteiger partial charge is 0.411 e. The maximum absolute atomic E-state index is 11.9. The minimum Gasteiger partial charge on any atom is -0.445 e. The topological polar surface area (TPSA) is 121 Å². The van der Waals surface area contributed by atoms with E-state index in [1.807, 2.05) is 66.7 Å². The van der Waals surface area contributed by atoms with Crippen LogP contribution in [0.25, 0.3) is 5.69 Å². The summed E-state index contributed by atoms with van der Waals surface area (Å²) in [7, 11) is 0. The van der Waals surface area contributed by atoms with E-state index in [4.69, 9.17) is 14.2 Å². The molecule has 212 valence electrons. The molecular formula is C30H31N5O5S. The number of rotatable bonds is 10. The molecule has 0 saturated carbocycles. The molecule has 4 aromatic rings. The molecule has 4 atom stereocenters. The van der Waals surface area contributed by atoms with E-state index < -0.39 is 12.4 Å². The molecule has 2 N–H and O–H groups in total. The number of carbonyl (C=O) groups is 1. The highest BCUT2D eigenvalue weighted by molar-refractivity contribution is 7.99. The number of ether oxygens (including phenoxy) is 3. The van der Waals surface area contributed by atoms with Crippen molar-refractivity contribution in [2.45, 2.75) is 37.2 Å². The molecule has 0 spiro atoms. The van der Waals surface area contributed by atoms with Crippen LogP contribution >= 0.6 is 11.8 Å². The summed E-state index contributed by atoms with van der Waals surface area (Å²) in [4.78, 5) is 11.9. The number of para-hydroxylation sites is 1. The lowest BCUT2D eigenvalue weighted by Crippen LogP contribution is -2.38. The first kappa shape index (κ1) is 28.5. The Kier molecular flexibility index (Phi) is 9.42. The highest BCUT2D eigenvalue weighted by Crippen LogP contribution is 2.43. The number of anilines is 1. The fourth-order valence-corrected chi connectivity index (χ4v) is 5.53. The van der Waals surface area contributed by atoms with Gasteiger partial charge in [0.1, 0.15) is 6.61 Å². The Morgan fingerprint density at radius 2 is 1.80 bits per heavy atom. The monoisotopic (exact) mass is 573 g/mol. The third-order valence-electron chi connectivity index (χ3n) is 6.70. The van der Waals surface area contributed by atoms with Gasteiger partial charge in [-0.2, -0.15) is 4.68 Å². The molecule has 1 amide bonds. The molecular weight excluding hydrogens is 542 g/mol. The van der Waals surface area contributed by atoms with Gasteiger partial charge in [0.25, 0.3) is 0 Å². The Balaban J connectivity index is 1.35. The van der Waals surface area contributed by atoms with Crippen LogP contribution in [0.5, 0.6) is 0 Å². The van der Waals surface area contributed by atoms with Gasteiger partial charge >= 0.3 is 6.09 Å². The molecule has 2 heterocycles. The number of hydrogen-bond acceptors (Lipinski definition) is 9. The van der Waals surface area contributed by atoms with Crippen LogP contribution < -0.4 is 5.32 Å². The molecule has 1 saturated heterocycles. The fourth-order valence-electron chi connectivity index (χ4n) is 4.48. The Labute approximate surface area is 242 Å². The van der Waals surface area contributed by atoms with E-state index in [1.54, 1.807) is 16.8 Å². The third kappa shape index (κ3) is 7.01. The lowest BCUT2D eigenvalue weighted by molar-refractivity contribution is -0.268. The quantitative estimate of drug-likeness (QED) is 0.188. The number of nitrogens with one attached hydrogen (secondary N) is 1. The first-order valence-electron chi connectivity index (χ1n) is 13.2. The predicted molar refractivity (Wildman–Crippen MR) is 154 cm³/mol. The van der Waals surface area contributed by atoms with E-state index in [-0.39, 0.29) is 31.3 Å². The second kappa shape index (κ2) is 13.6. The molecule has 10 nitrogen and oxygen atoms in total. The van der Waals surface area contributed by atoms with Crippen LogP contribution in [-0.2, 0) is 20.8 Å². The summed E-state index contributed by atoms with van der Waals surface area (Å²) >= 11 is 1.52. The average molecular weight is 574 g/mol. The van der Waals surface area contributed by atoms with Crippen LogP contribution in [0.4, 0.5) is 10.5 Å². The number of hydrogen-bond donors (Lipinski definition) is 2. The lowest BCUT2D eigenvalue weighted by atomic mass is 9.91. The van der Waals surface area contributed by atoms with Gasteiger partial charge in [0, 0.05) is 22.9 Å². The number of tetrazole rings is 1. The molecule has 1 aliphatic rings. The largest absolute Gasteiger partial charge is 0.445 e. The zero-order valence-corrected chi connectivity index (χ0v) is 23.3. The summed E-state index contributed by atoms with van der Waals surface area (Å²) < 4.78 is 19.7. The molecule has 0 unspecified atom stereocenters. The van der Waals surface area contributed by atoms with Crippen LogP contribution in [0.1, 0.15) is 36.0 Å². The summed E-state index contributed by atoms with van der Waals surface area (Å²) in [6, 6.07) is 24.8. The van der Waals surface area contributed by atoms with Crippen molar-refractivity contribution >= 4 is 23.5 Å². The van der Waals surface area contributed by atoms with Crippen molar-refractivity contribution < 1.29 is 24.1 Å². The minimum absolute atomic E-state index is 0.000327. The second-order valence-corrected chi connectivity index (χ2v) is 10.5. The van der Waals surface area contributed by atoms with Crippen molar-refractivity contribution in [3.05, 3.63) is 108 Å². The Morgan fingerprint density at radius 3 is 2.51 bits per heavy atom. The zero-order valence-electron chi connectivity index (χ0n) is 22.5. The Bertz CT molecular complexity index is 1430. The standard InChI is InChI=1S/C30H31N5O5S/c1-3-17-38-30(37)31-24-15-13-23(14-16-24)28-39-26(20(2)27(40-28)22-11-9-21(18-36)10-12-22)19-41-29-32-33-34-35(29)25-7-5-4-6-8-25/h3-16,20,26-28,36H,1,17-19H2,2H3,(H,31,37)/t20-,26+,27+,28+/m1/s1. The molecule has 5 rings (SSSR count). The second-order valence-electron chi connectivity index (χ2n) is 9.48. The summed E-state index contributed by atoms with van der Waals surface area (Å²) in [5.74, 6) is 0.592. The van der Waals surface area contributed by atoms with Crippen molar-refractivity contribution in [3.8, 4) is 5.69 Å². The Hall–Kier alpha value is -4.03. The fraction of sp³-hybridized carbons (Fsp3) is 0.267. The van der Waals surface area contributed by atoms with Gasteiger partial charge in [0.15, 0.2) is 6.29 Å². The SMILES string of the molecule is C=CCOC(=O)Nc1ccc([C@H]2O[C@@H](CSc3nnnn3-c3ccccc3)[C@@H](C)[C@@H](c3ccc(CO)cc3)O2)cc1. The highest BCUT2D eigenvalue weighted by Gasteiger charge is 2.38. The molecule has 1 aromatic heterocycles. The van der Waals surface area contributed by atoms with Gasteiger partial charge in [-0.25, -0.2) is 4.79 Å². The van der Waals surface area contributed by atoms with Crippen LogP contribution in [-0.4, -0.2) is 49.9 Å². The van der Waals surface area contributed by atoms with Gasteiger partial charge in [0.2, 0.25) is 5.16 Å². The highest BCUT2D eigenvalue weighted by atomic mass is 32.2. The first-order valence-corrected chi connectivity index (χ1v) is 14.2. The number of amides is 1. The third-order valence-corrected chi connectivity index (χ3v) is 7.71. The summed E-state index contributed by atoms with van der Waals surface area (Å²) in [5, 5.41) is 25.1.